The average molecular weight is 247 g/mol. The molecule has 1 aliphatic heterocycles. The summed E-state index contributed by atoms with van der Waals surface area (Å²) in [5.74, 6) is 0.131. The van der Waals surface area contributed by atoms with Crippen molar-refractivity contribution >= 4 is 5.91 Å². The molecule has 2 rings (SSSR count). The number of nitrogens with zero attached hydrogens (tertiary/aromatic N) is 1. The standard InChI is InChI=1S/C14H21N3O/c18-14(7-6-13-5-1-2-9-16-13)17-11-12-4-3-8-15-10-12/h3-4,8,10,13,16H,1-2,5-7,9,11H2,(H,17,18). The normalized spacial score (nSPS) is 19.4. The molecule has 0 spiro atoms. The molecule has 1 amide bonds. The Morgan fingerprint density at radius 3 is 3.17 bits per heavy atom. The van der Waals surface area contributed by atoms with Crippen LogP contribution in [0, 0.1) is 0 Å². The molecule has 1 aliphatic rings. The van der Waals surface area contributed by atoms with Crippen molar-refractivity contribution in [3.63, 3.8) is 0 Å². The van der Waals surface area contributed by atoms with E-state index in [1.165, 1.54) is 19.3 Å². The van der Waals surface area contributed by atoms with E-state index < -0.39 is 0 Å². The number of hydrogen-bond acceptors (Lipinski definition) is 3. The summed E-state index contributed by atoms with van der Waals surface area (Å²) in [6.07, 6.45) is 8.83. The zero-order valence-corrected chi connectivity index (χ0v) is 10.7. The number of hydrogen-bond donors (Lipinski definition) is 2. The minimum atomic E-state index is 0.131. The molecular weight excluding hydrogens is 226 g/mol. The number of carbonyl (C=O) groups excluding carboxylic acids is 1. The molecule has 1 atom stereocenters. The fraction of sp³-hybridized carbons (Fsp3) is 0.571. The number of piperidine rings is 1. The van der Waals surface area contributed by atoms with Gasteiger partial charge in [-0.25, -0.2) is 0 Å². The van der Waals surface area contributed by atoms with E-state index in [1.54, 1.807) is 12.4 Å². The Balaban J connectivity index is 1.63. The van der Waals surface area contributed by atoms with Crippen LogP contribution in [-0.2, 0) is 11.3 Å². The lowest BCUT2D eigenvalue weighted by Gasteiger charge is -2.23. The Labute approximate surface area is 108 Å². The van der Waals surface area contributed by atoms with Crippen LogP contribution in [0.3, 0.4) is 0 Å². The molecule has 2 N–H and O–H groups in total. The minimum absolute atomic E-state index is 0.131. The number of rotatable bonds is 5. The van der Waals surface area contributed by atoms with Crippen molar-refractivity contribution in [3.8, 4) is 0 Å². The zero-order chi connectivity index (χ0) is 12.6. The molecule has 0 aliphatic carbocycles. The van der Waals surface area contributed by atoms with Crippen LogP contribution in [0.1, 0.15) is 37.7 Å². The van der Waals surface area contributed by atoms with Crippen LogP contribution in [-0.4, -0.2) is 23.5 Å². The first kappa shape index (κ1) is 13.0. The van der Waals surface area contributed by atoms with Crippen LogP contribution in [0.2, 0.25) is 0 Å². The largest absolute Gasteiger partial charge is 0.352 e. The number of pyridine rings is 1. The smallest absolute Gasteiger partial charge is 0.220 e. The Morgan fingerprint density at radius 1 is 1.50 bits per heavy atom. The lowest BCUT2D eigenvalue weighted by Crippen LogP contribution is -2.35. The maximum atomic E-state index is 11.7. The van der Waals surface area contributed by atoms with Crippen molar-refractivity contribution in [2.45, 2.75) is 44.7 Å². The van der Waals surface area contributed by atoms with Gasteiger partial charge in [-0.3, -0.25) is 9.78 Å². The topological polar surface area (TPSA) is 54.0 Å². The van der Waals surface area contributed by atoms with E-state index in [4.69, 9.17) is 0 Å². The molecule has 1 saturated heterocycles. The van der Waals surface area contributed by atoms with E-state index in [1.807, 2.05) is 12.1 Å². The Hall–Kier alpha value is -1.42. The molecule has 0 bridgehead atoms. The zero-order valence-electron chi connectivity index (χ0n) is 10.7. The van der Waals surface area contributed by atoms with Gasteiger partial charge in [-0.05, 0) is 37.4 Å². The number of amides is 1. The molecule has 2 heterocycles. The molecule has 1 fully saturated rings. The molecule has 4 nitrogen and oxygen atoms in total. The van der Waals surface area contributed by atoms with Crippen molar-refractivity contribution in [1.29, 1.82) is 0 Å². The highest BCUT2D eigenvalue weighted by Gasteiger charge is 2.13. The van der Waals surface area contributed by atoms with Gasteiger partial charge in [0, 0.05) is 31.4 Å². The van der Waals surface area contributed by atoms with Crippen molar-refractivity contribution in [1.82, 2.24) is 15.6 Å². The van der Waals surface area contributed by atoms with Crippen LogP contribution < -0.4 is 10.6 Å². The van der Waals surface area contributed by atoms with Crippen molar-refractivity contribution in [3.05, 3.63) is 30.1 Å². The number of carbonyl (C=O) groups is 1. The maximum Gasteiger partial charge on any atom is 0.220 e. The van der Waals surface area contributed by atoms with Gasteiger partial charge in [0.05, 0.1) is 0 Å². The highest BCUT2D eigenvalue weighted by molar-refractivity contribution is 5.75. The number of nitrogens with one attached hydrogen (secondary N) is 2. The second-order valence-electron chi connectivity index (χ2n) is 4.82. The first-order chi connectivity index (χ1) is 8.84. The van der Waals surface area contributed by atoms with Gasteiger partial charge in [-0.15, -0.1) is 0 Å². The first-order valence-corrected chi connectivity index (χ1v) is 6.73. The van der Waals surface area contributed by atoms with Crippen LogP contribution in [0.15, 0.2) is 24.5 Å². The summed E-state index contributed by atoms with van der Waals surface area (Å²) in [6.45, 7) is 1.67. The predicted molar refractivity (Wildman–Crippen MR) is 71.0 cm³/mol. The summed E-state index contributed by atoms with van der Waals surface area (Å²) >= 11 is 0. The lowest BCUT2D eigenvalue weighted by molar-refractivity contribution is -0.121. The monoisotopic (exact) mass is 247 g/mol. The Kier molecular flexibility index (Phi) is 5.15. The summed E-state index contributed by atoms with van der Waals surface area (Å²) in [5.41, 5.74) is 1.04. The first-order valence-electron chi connectivity index (χ1n) is 6.73. The minimum Gasteiger partial charge on any atom is -0.352 e. The van der Waals surface area contributed by atoms with Gasteiger partial charge >= 0.3 is 0 Å². The maximum absolute atomic E-state index is 11.7. The molecule has 1 unspecified atom stereocenters. The molecule has 18 heavy (non-hydrogen) atoms. The quantitative estimate of drug-likeness (QED) is 0.831. The van der Waals surface area contributed by atoms with E-state index in [9.17, 15) is 4.79 Å². The van der Waals surface area contributed by atoms with Gasteiger partial charge in [-0.2, -0.15) is 0 Å². The van der Waals surface area contributed by atoms with Gasteiger partial charge in [0.2, 0.25) is 5.91 Å². The fourth-order valence-electron chi connectivity index (χ4n) is 2.27. The fourth-order valence-corrected chi connectivity index (χ4v) is 2.27. The van der Waals surface area contributed by atoms with Gasteiger partial charge in [0.1, 0.15) is 0 Å². The van der Waals surface area contributed by atoms with Gasteiger partial charge < -0.3 is 10.6 Å². The molecule has 4 heteroatoms. The summed E-state index contributed by atoms with van der Waals surface area (Å²) in [6, 6.07) is 4.38. The van der Waals surface area contributed by atoms with Crippen LogP contribution >= 0.6 is 0 Å². The van der Waals surface area contributed by atoms with Crippen LogP contribution in [0.4, 0.5) is 0 Å². The molecular formula is C14H21N3O. The van der Waals surface area contributed by atoms with E-state index >= 15 is 0 Å². The number of aromatic nitrogens is 1. The molecule has 0 saturated carbocycles. The highest BCUT2D eigenvalue weighted by Crippen LogP contribution is 2.11. The van der Waals surface area contributed by atoms with Crippen molar-refractivity contribution in [2.24, 2.45) is 0 Å². The van der Waals surface area contributed by atoms with E-state index in [-0.39, 0.29) is 5.91 Å². The summed E-state index contributed by atoms with van der Waals surface area (Å²) in [5, 5.41) is 6.39. The average Bonchev–Trinajstić information content (AvgIpc) is 2.45. The van der Waals surface area contributed by atoms with Gasteiger partial charge in [0.25, 0.3) is 0 Å². The third kappa shape index (κ3) is 4.45. The van der Waals surface area contributed by atoms with Gasteiger partial charge in [-0.1, -0.05) is 12.5 Å². The third-order valence-corrected chi connectivity index (χ3v) is 3.34. The summed E-state index contributed by atoms with van der Waals surface area (Å²) in [4.78, 5) is 15.7. The second-order valence-corrected chi connectivity index (χ2v) is 4.82. The molecule has 0 radical (unpaired) electrons. The molecule has 1 aromatic rings. The van der Waals surface area contributed by atoms with E-state index in [0.717, 1.165) is 18.5 Å². The van der Waals surface area contributed by atoms with Crippen LogP contribution in [0.25, 0.3) is 0 Å². The second kappa shape index (κ2) is 7.11. The van der Waals surface area contributed by atoms with Crippen LogP contribution in [0.5, 0.6) is 0 Å². The Bertz CT molecular complexity index is 361. The molecule has 0 aromatic carbocycles. The van der Waals surface area contributed by atoms with E-state index in [0.29, 0.717) is 19.0 Å². The van der Waals surface area contributed by atoms with Gasteiger partial charge in [0.15, 0.2) is 0 Å². The molecule has 1 aromatic heterocycles. The summed E-state index contributed by atoms with van der Waals surface area (Å²) in [7, 11) is 0. The third-order valence-electron chi connectivity index (χ3n) is 3.34. The predicted octanol–water partition coefficient (Wildman–Crippen LogP) is 1.62. The van der Waals surface area contributed by atoms with Crippen molar-refractivity contribution in [2.75, 3.05) is 6.54 Å². The Morgan fingerprint density at radius 2 is 2.44 bits per heavy atom. The summed E-state index contributed by atoms with van der Waals surface area (Å²) < 4.78 is 0. The molecule has 98 valence electrons. The lowest BCUT2D eigenvalue weighted by atomic mass is 10.0. The highest BCUT2D eigenvalue weighted by atomic mass is 16.1. The SMILES string of the molecule is O=C(CCC1CCCCN1)NCc1cccnc1. The van der Waals surface area contributed by atoms with Crippen molar-refractivity contribution < 1.29 is 4.79 Å². The van der Waals surface area contributed by atoms with E-state index in [2.05, 4.69) is 15.6 Å².